The molecule has 2 aromatic rings. The third-order valence-electron chi connectivity index (χ3n) is 3.30. The van der Waals surface area contributed by atoms with Gasteiger partial charge >= 0.3 is 0 Å². The number of rotatable bonds is 6. The van der Waals surface area contributed by atoms with Crippen LogP contribution in [-0.4, -0.2) is 22.3 Å². The van der Waals surface area contributed by atoms with E-state index >= 15 is 0 Å². The predicted octanol–water partition coefficient (Wildman–Crippen LogP) is 3.47. The Morgan fingerprint density at radius 2 is 1.84 bits per heavy atom. The van der Waals surface area contributed by atoms with Crippen LogP contribution in [0.15, 0.2) is 23.5 Å². The van der Waals surface area contributed by atoms with Gasteiger partial charge in [0.15, 0.2) is 0 Å². The normalized spacial score (nSPS) is 11.1. The second kappa shape index (κ2) is 6.87. The van der Waals surface area contributed by atoms with Gasteiger partial charge in [-0.05, 0) is 62.2 Å². The lowest BCUT2D eigenvalue weighted by molar-refractivity contribution is 0.732. The molecule has 0 atom stereocenters. The van der Waals surface area contributed by atoms with Crippen molar-refractivity contribution in [3.8, 4) is 0 Å². The summed E-state index contributed by atoms with van der Waals surface area (Å²) in [7, 11) is 0. The summed E-state index contributed by atoms with van der Waals surface area (Å²) in [4.78, 5) is 8.78. The highest BCUT2D eigenvalue weighted by Crippen LogP contribution is 2.27. The van der Waals surface area contributed by atoms with Gasteiger partial charge in [0, 0.05) is 5.39 Å². The third-order valence-corrected chi connectivity index (χ3v) is 4.39. The van der Waals surface area contributed by atoms with Crippen LogP contribution in [0.5, 0.6) is 0 Å². The van der Waals surface area contributed by atoms with Crippen LogP contribution in [0.25, 0.3) is 10.9 Å². The molecule has 102 valence electrons. The van der Waals surface area contributed by atoms with E-state index in [1.54, 1.807) is 6.33 Å². The molecule has 0 fully saturated rings. The molecule has 0 aliphatic heterocycles. The maximum atomic E-state index is 5.50. The van der Waals surface area contributed by atoms with Gasteiger partial charge in [0.1, 0.15) is 11.4 Å². The maximum absolute atomic E-state index is 5.50. The van der Waals surface area contributed by atoms with E-state index in [0.717, 1.165) is 29.3 Å². The largest absolute Gasteiger partial charge is 0.330 e. The summed E-state index contributed by atoms with van der Waals surface area (Å²) in [5, 5.41) is 2.27. The van der Waals surface area contributed by atoms with E-state index in [1.807, 2.05) is 11.8 Å². The lowest BCUT2D eigenvalue weighted by atomic mass is 10.1. The highest BCUT2D eigenvalue weighted by atomic mass is 32.2. The molecule has 0 saturated carbocycles. The number of nitrogens with two attached hydrogens (primary N) is 1. The summed E-state index contributed by atoms with van der Waals surface area (Å²) in [5.41, 5.74) is 9.12. The van der Waals surface area contributed by atoms with Crippen LogP contribution in [0.1, 0.15) is 30.4 Å². The van der Waals surface area contributed by atoms with Crippen LogP contribution >= 0.6 is 11.8 Å². The van der Waals surface area contributed by atoms with Crippen LogP contribution in [0.4, 0.5) is 0 Å². The van der Waals surface area contributed by atoms with Crippen LogP contribution < -0.4 is 5.73 Å². The minimum Gasteiger partial charge on any atom is -0.330 e. The van der Waals surface area contributed by atoms with Gasteiger partial charge in [-0.25, -0.2) is 9.97 Å². The number of fused-ring (bicyclic) bond motifs is 1. The smallest absolute Gasteiger partial charge is 0.117 e. The summed E-state index contributed by atoms with van der Waals surface area (Å²) >= 11 is 1.82. The molecule has 0 unspecified atom stereocenters. The second-order valence-corrected chi connectivity index (χ2v) is 5.91. The lowest BCUT2D eigenvalue weighted by Crippen LogP contribution is -1.98. The average Bonchev–Trinajstić information content (AvgIpc) is 2.40. The third kappa shape index (κ3) is 3.67. The van der Waals surface area contributed by atoms with Crippen molar-refractivity contribution in [1.29, 1.82) is 0 Å². The van der Waals surface area contributed by atoms with Crippen molar-refractivity contribution >= 4 is 22.7 Å². The van der Waals surface area contributed by atoms with E-state index in [2.05, 4.69) is 35.9 Å². The maximum Gasteiger partial charge on any atom is 0.117 e. The number of aromatic nitrogens is 2. The number of aryl methyl sites for hydroxylation is 2. The fourth-order valence-electron chi connectivity index (χ4n) is 2.00. The van der Waals surface area contributed by atoms with Crippen LogP contribution in [-0.2, 0) is 0 Å². The number of benzene rings is 1. The molecular formula is C15H21N3S. The first-order valence-electron chi connectivity index (χ1n) is 6.77. The average molecular weight is 275 g/mol. The second-order valence-electron chi connectivity index (χ2n) is 4.83. The van der Waals surface area contributed by atoms with Gasteiger partial charge in [0.25, 0.3) is 0 Å². The zero-order valence-electron chi connectivity index (χ0n) is 11.6. The Bertz CT molecular complexity index is 554. The topological polar surface area (TPSA) is 51.8 Å². The molecule has 1 heterocycles. The van der Waals surface area contributed by atoms with Gasteiger partial charge in [-0.2, -0.15) is 0 Å². The number of hydrogen-bond acceptors (Lipinski definition) is 4. The zero-order valence-corrected chi connectivity index (χ0v) is 12.5. The summed E-state index contributed by atoms with van der Waals surface area (Å²) in [6.07, 6.45) is 5.17. The fraction of sp³-hybridized carbons (Fsp3) is 0.467. The molecule has 0 bridgehead atoms. The molecule has 0 radical (unpaired) electrons. The molecule has 3 nitrogen and oxygen atoms in total. The molecule has 0 spiro atoms. The first-order valence-corrected chi connectivity index (χ1v) is 7.75. The summed E-state index contributed by atoms with van der Waals surface area (Å²) in [6.45, 7) is 5.05. The van der Waals surface area contributed by atoms with E-state index in [1.165, 1.54) is 29.4 Å². The van der Waals surface area contributed by atoms with Crippen molar-refractivity contribution in [2.75, 3.05) is 12.3 Å². The SMILES string of the molecule is Cc1cc2ncnc(SCCCCCN)c2cc1C. The fourth-order valence-corrected chi connectivity index (χ4v) is 2.98. The Balaban J connectivity index is 2.12. The van der Waals surface area contributed by atoms with E-state index in [0.29, 0.717) is 0 Å². The van der Waals surface area contributed by atoms with Gasteiger partial charge in [-0.15, -0.1) is 11.8 Å². The monoisotopic (exact) mass is 275 g/mol. The van der Waals surface area contributed by atoms with E-state index in [4.69, 9.17) is 5.73 Å². The van der Waals surface area contributed by atoms with Crippen molar-refractivity contribution < 1.29 is 0 Å². The Kier molecular flexibility index (Phi) is 5.16. The van der Waals surface area contributed by atoms with Crippen molar-refractivity contribution in [2.24, 2.45) is 5.73 Å². The molecule has 0 aliphatic carbocycles. The quantitative estimate of drug-likeness (QED) is 0.498. The number of nitrogens with zero attached hydrogens (tertiary/aromatic N) is 2. The van der Waals surface area contributed by atoms with Crippen LogP contribution in [0, 0.1) is 13.8 Å². The lowest BCUT2D eigenvalue weighted by Gasteiger charge is -2.07. The first kappa shape index (κ1) is 14.3. The molecule has 19 heavy (non-hydrogen) atoms. The zero-order chi connectivity index (χ0) is 13.7. The summed E-state index contributed by atoms with van der Waals surface area (Å²) < 4.78 is 0. The Morgan fingerprint density at radius 3 is 2.63 bits per heavy atom. The number of hydrogen-bond donors (Lipinski definition) is 1. The molecule has 0 aliphatic rings. The number of thioether (sulfide) groups is 1. The van der Waals surface area contributed by atoms with Gasteiger partial charge < -0.3 is 5.73 Å². The number of unbranched alkanes of at least 4 members (excludes halogenated alkanes) is 2. The van der Waals surface area contributed by atoms with Crippen molar-refractivity contribution in [1.82, 2.24) is 9.97 Å². The molecule has 0 amide bonds. The van der Waals surface area contributed by atoms with Crippen LogP contribution in [0.3, 0.4) is 0 Å². The summed E-state index contributed by atoms with van der Waals surface area (Å²) in [5.74, 6) is 1.10. The van der Waals surface area contributed by atoms with Gasteiger partial charge in [0.2, 0.25) is 0 Å². The first-order chi connectivity index (χ1) is 9.22. The highest BCUT2D eigenvalue weighted by Gasteiger charge is 2.06. The van der Waals surface area contributed by atoms with Gasteiger partial charge in [0.05, 0.1) is 5.52 Å². The van der Waals surface area contributed by atoms with Crippen LogP contribution in [0.2, 0.25) is 0 Å². The van der Waals surface area contributed by atoms with Crippen molar-refractivity contribution in [3.63, 3.8) is 0 Å². The molecule has 2 rings (SSSR count). The minimum absolute atomic E-state index is 0.791. The molecule has 2 N–H and O–H groups in total. The molecule has 1 aromatic heterocycles. The predicted molar refractivity (Wildman–Crippen MR) is 82.6 cm³/mol. The van der Waals surface area contributed by atoms with E-state index in [9.17, 15) is 0 Å². The Morgan fingerprint density at radius 1 is 1.05 bits per heavy atom. The van der Waals surface area contributed by atoms with Gasteiger partial charge in [-0.3, -0.25) is 0 Å². The minimum atomic E-state index is 0.791. The Hall–Kier alpha value is -1.13. The molecular weight excluding hydrogens is 254 g/mol. The molecule has 4 heteroatoms. The molecule has 1 aromatic carbocycles. The van der Waals surface area contributed by atoms with Crippen molar-refractivity contribution in [2.45, 2.75) is 38.1 Å². The standard InChI is InChI=1S/C15H21N3S/c1-11-8-13-14(9-12(11)2)17-10-18-15(13)19-7-5-3-4-6-16/h8-10H,3-7,16H2,1-2H3. The van der Waals surface area contributed by atoms with Gasteiger partial charge in [-0.1, -0.05) is 6.42 Å². The summed E-state index contributed by atoms with van der Waals surface area (Å²) in [6, 6.07) is 4.34. The highest BCUT2D eigenvalue weighted by molar-refractivity contribution is 7.99. The van der Waals surface area contributed by atoms with Crippen molar-refractivity contribution in [3.05, 3.63) is 29.6 Å². The Labute approximate surface area is 119 Å². The molecule has 0 saturated heterocycles. The van der Waals surface area contributed by atoms with E-state index in [-0.39, 0.29) is 0 Å². The van der Waals surface area contributed by atoms with E-state index < -0.39 is 0 Å².